The van der Waals surface area contributed by atoms with E-state index in [4.69, 9.17) is 16.0 Å². The fourth-order valence-electron chi connectivity index (χ4n) is 3.28. The van der Waals surface area contributed by atoms with Gasteiger partial charge in [-0.25, -0.2) is 9.78 Å². The number of carbonyl (C=O) groups is 1. The molecule has 0 bridgehead atoms. The SMILES string of the molecule is CC(C)(C)[Si](C)(C)Oc1ccc(NC(=O)NC2CCCN(c3ccc(Cl)cc3)C2)nc1. The molecule has 31 heavy (non-hydrogen) atoms. The number of piperidine rings is 1. The first-order valence-corrected chi connectivity index (χ1v) is 14.1. The molecule has 1 aromatic carbocycles. The number of halogens is 1. The van der Waals surface area contributed by atoms with Crippen LogP contribution < -0.4 is 20.0 Å². The van der Waals surface area contributed by atoms with Crippen LogP contribution in [-0.4, -0.2) is 38.5 Å². The Morgan fingerprint density at radius 1 is 1.19 bits per heavy atom. The van der Waals surface area contributed by atoms with Crippen molar-refractivity contribution in [2.45, 2.75) is 57.8 Å². The van der Waals surface area contributed by atoms with Crippen molar-refractivity contribution in [3.63, 3.8) is 0 Å². The number of hydrogen-bond donors (Lipinski definition) is 2. The lowest BCUT2D eigenvalue weighted by Crippen LogP contribution is -2.49. The molecule has 0 radical (unpaired) electrons. The second kappa shape index (κ2) is 9.49. The van der Waals surface area contributed by atoms with Crippen LogP contribution in [-0.2, 0) is 0 Å². The zero-order chi connectivity index (χ0) is 22.6. The van der Waals surface area contributed by atoms with Crippen LogP contribution in [0.15, 0.2) is 42.6 Å². The van der Waals surface area contributed by atoms with Crippen LogP contribution in [0.4, 0.5) is 16.3 Å². The third-order valence-electron chi connectivity index (χ3n) is 6.11. The van der Waals surface area contributed by atoms with Gasteiger partial charge in [-0.15, -0.1) is 0 Å². The van der Waals surface area contributed by atoms with Crippen molar-refractivity contribution in [3.8, 4) is 5.75 Å². The predicted molar refractivity (Wildman–Crippen MR) is 131 cm³/mol. The maximum atomic E-state index is 12.5. The summed E-state index contributed by atoms with van der Waals surface area (Å²) >= 11 is 5.99. The van der Waals surface area contributed by atoms with Gasteiger partial charge in [0.2, 0.25) is 0 Å². The largest absolute Gasteiger partial charge is 0.542 e. The minimum Gasteiger partial charge on any atom is -0.542 e. The molecule has 1 aliphatic rings. The van der Waals surface area contributed by atoms with Gasteiger partial charge in [-0.3, -0.25) is 5.32 Å². The highest BCUT2D eigenvalue weighted by atomic mass is 35.5. The number of amides is 2. The number of carbonyl (C=O) groups excluding carboxylic acids is 1. The molecule has 6 nitrogen and oxygen atoms in total. The van der Waals surface area contributed by atoms with Crippen molar-refractivity contribution in [1.82, 2.24) is 10.3 Å². The predicted octanol–water partition coefficient (Wildman–Crippen LogP) is 5.91. The molecule has 1 aromatic heterocycles. The van der Waals surface area contributed by atoms with Crippen molar-refractivity contribution in [2.24, 2.45) is 0 Å². The van der Waals surface area contributed by atoms with E-state index in [1.807, 2.05) is 30.3 Å². The first kappa shape index (κ1) is 23.4. The number of anilines is 2. The number of nitrogens with one attached hydrogen (secondary N) is 2. The summed E-state index contributed by atoms with van der Waals surface area (Å²) in [6.45, 7) is 12.7. The van der Waals surface area contributed by atoms with E-state index in [1.165, 1.54) is 0 Å². The van der Waals surface area contributed by atoms with Crippen molar-refractivity contribution in [3.05, 3.63) is 47.6 Å². The van der Waals surface area contributed by atoms with Crippen LogP contribution in [0.25, 0.3) is 0 Å². The van der Waals surface area contributed by atoms with E-state index in [0.717, 1.165) is 42.4 Å². The molecule has 8 heteroatoms. The highest BCUT2D eigenvalue weighted by Gasteiger charge is 2.39. The van der Waals surface area contributed by atoms with Gasteiger partial charge in [-0.1, -0.05) is 32.4 Å². The normalized spacial score (nSPS) is 17.2. The number of hydrogen-bond acceptors (Lipinski definition) is 4. The maximum Gasteiger partial charge on any atom is 0.320 e. The first-order valence-electron chi connectivity index (χ1n) is 10.8. The minimum absolute atomic E-state index is 0.0746. The summed E-state index contributed by atoms with van der Waals surface area (Å²) in [4.78, 5) is 19.1. The summed E-state index contributed by atoms with van der Waals surface area (Å²) in [7, 11) is -1.91. The van der Waals surface area contributed by atoms with E-state index < -0.39 is 8.32 Å². The summed E-state index contributed by atoms with van der Waals surface area (Å²) in [5.74, 6) is 1.24. The lowest BCUT2D eigenvalue weighted by atomic mass is 10.1. The number of nitrogens with zero attached hydrogens (tertiary/aromatic N) is 2. The number of benzene rings is 1. The minimum atomic E-state index is -1.91. The molecule has 2 N–H and O–H groups in total. The van der Waals surface area contributed by atoms with Crippen LogP contribution in [0, 0.1) is 0 Å². The van der Waals surface area contributed by atoms with Gasteiger partial charge in [0.25, 0.3) is 8.32 Å². The molecule has 2 amide bonds. The number of pyridine rings is 1. The molecule has 1 aliphatic heterocycles. The third-order valence-corrected chi connectivity index (χ3v) is 10.7. The molecular formula is C23H33ClN4O2Si. The molecule has 1 fully saturated rings. The van der Waals surface area contributed by atoms with E-state index in [-0.39, 0.29) is 17.1 Å². The van der Waals surface area contributed by atoms with Crippen LogP contribution >= 0.6 is 11.6 Å². The summed E-state index contributed by atoms with van der Waals surface area (Å²) in [5.41, 5.74) is 1.12. The Labute approximate surface area is 191 Å². The molecule has 168 valence electrons. The third kappa shape index (κ3) is 6.37. The van der Waals surface area contributed by atoms with Gasteiger partial charge in [0.05, 0.1) is 6.20 Å². The zero-order valence-corrected chi connectivity index (χ0v) is 20.8. The first-order chi connectivity index (χ1) is 14.5. The maximum absolute atomic E-state index is 12.5. The van der Waals surface area contributed by atoms with Gasteiger partial charge in [0, 0.05) is 29.8 Å². The Kier molecular flexibility index (Phi) is 7.16. The monoisotopic (exact) mass is 460 g/mol. The lowest BCUT2D eigenvalue weighted by Gasteiger charge is -2.36. The molecule has 0 aliphatic carbocycles. The van der Waals surface area contributed by atoms with E-state index >= 15 is 0 Å². The highest BCUT2D eigenvalue weighted by molar-refractivity contribution is 6.74. The van der Waals surface area contributed by atoms with E-state index in [1.54, 1.807) is 12.3 Å². The molecule has 2 heterocycles. The standard InChI is InChI=1S/C23H33ClN4O2Si/c1-23(2,3)31(4,5)30-20-12-13-21(25-15-20)27-22(29)26-18-7-6-14-28(16-18)19-10-8-17(24)9-11-19/h8-13,15,18H,6-7,14,16H2,1-5H3,(H2,25,26,27,29). The lowest BCUT2D eigenvalue weighted by molar-refractivity contribution is 0.246. The molecule has 1 unspecified atom stereocenters. The van der Waals surface area contributed by atoms with Crippen LogP contribution in [0.1, 0.15) is 33.6 Å². The van der Waals surface area contributed by atoms with E-state index in [0.29, 0.717) is 5.82 Å². The van der Waals surface area contributed by atoms with Gasteiger partial charge in [0.15, 0.2) is 0 Å². The Balaban J connectivity index is 1.53. The zero-order valence-electron chi connectivity index (χ0n) is 19.0. The molecule has 3 rings (SSSR count). The smallest absolute Gasteiger partial charge is 0.320 e. The van der Waals surface area contributed by atoms with Gasteiger partial charge in [0.1, 0.15) is 11.6 Å². The summed E-state index contributed by atoms with van der Waals surface area (Å²) in [5, 5.41) is 6.74. The Morgan fingerprint density at radius 2 is 1.90 bits per heavy atom. The fraction of sp³-hybridized carbons (Fsp3) is 0.478. The quantitative estimate of drug-likeness (QED) is 0.544. The van der Waals surface area contributed by atoms with E-state index in [2.05, 4.69) is 54.4 Å². The molecule has 0 spiro atoms. The number of rotatable bonds is 5. The van der Waals surface area contributed by atoms with Crippen LogP contribution in [0.5, 0.6) is 5.75 Å². The van der Waals surface area contributed by atoms with E-state index in [9.17, 15) is 4.79 Å². The van der Waals surface area contributed by atoms with Crippen LogP contribution in [0.2, 0.25) is 23.2 Å². The average Bonchev–Trinajstić information content (AvgIpc) is 2.69. The topological polar surface area (TPSA) is 66.5 Å². The Bertz CT molecular complexity index is 882. The molecule has 2 aromatic rings. The van der Waals surface area contributed by atoms with Crippen molar-refractivity contribution in [1.29, 1.82) is 0 Å². The van der Waals surface area contributed by atoms with Crippen molar-refractivity contribution in [2.75, 3.05) is 23.3 Å². The molecular weight excluding hydrogens is 428 g/mol. The Hall–Kier alpha value is -2.25. The second-order valence-electron chi connectivity index (χ2n) is 9.60. The summed E-state index contributed by atoms with van der Waals surface area (Å²) in [6.07, 6.45) is 3.65. The molecule has 1 atom stereocenters. The van der Waals surface area contributed by atoms with Gasteiger partial charge in [-0.2, -0.15) is 0 Å². The number of urea groups is 1. The highest BCUT2D eigenvalue weighted by Crippen LogP contribution is 2.37. The van der Waals surface area contributed by atoms with Crippen molar-refractivity contribution < 1.29 is 9.22 Å². The summed E-state index contributed by atoms with van der Waals surface area (Å²) in [6, 6.07) is 11.3. The number of aromatic nitrogens is 1. The fourth-order valence-corrected chi connectivity index (χ4v) is 4.42. The van der Waals surface area contributed by atoms with Gasteiger partial charge in [-0.05, 0) is 67.4 Å². The molecule has 1 saturated heterocycles. The molecule has 0 saturated carbocycles. The van der Waals surface area contributed by atoms with Gasteiger partial charge < -0.3 is 14.6 Å². The van der Waals surface area contributed by atoms with Gasteiger partial charge >= 0.3 is 6.03 Å². The second-order valence-corrected chi connectivity index (χ2v) is 14.8. The summed E-state index contributed by atoms with van der Waals surface area (Å²) < 4.78 is 6.24. The average molecular weight is 461 g/mol. The van der Waals surface area contributed by atoms with Crippen molar-refractivity contribution >= 4 is 37.5 Å². The van der Waals surface area contributed by atoms with Crippen LogP contribution in [0.3, 0.4) is 0 Å². The Morgan fingerprint density at radius 3 is 2.52 bits per heavy atom.